The van der Waals surface area contributed by atoms with Crippen molar-refractivity contribution in [3.63, 3.8) is 0 Å². The average Bonchev–Trinajstić information content (AvgIpc) is 2.87. The molecule has 0 amide bonds. The molecule has 1 heterocycles. The van der Waals surface area contributed by atoms with Crippen molar-refractivity contribution >= 4 is 0 Å². The normalized spacial score (nSPS) is 23.2. The Morgan fingerprint density at radius 1 is 1.20 bits per heavy atom. The molecule has 0 aromatic heterocycles. The van der Waals surface area contributed by atoms with Gasteiger partial charge in [0.2, 0.25) is 0 Å². The number of nitrogens with zero attached hydrogens (tertiary/aromatic N) is 2. The number of hydrogen-bond donors (Lipinski definition) is 1. The highest BCUT2D eigenvalue weighted by molar-refractivity contribution is 5.36. The van der Waals surface area contributed by atoms with E-state index in [-0.39, 0.29) is 5.54 Å². The summed E-state index contributed by atoms with van der Waals surface area (Å²) in [6.07, 6.45) is 4.77. The summed E-state index contributed by atoms with van der Waals surface area (Å²) < 4.78 is 0. The molecule has 110 valence electrons. The first-order chi connectivity index (χ1) is 9.64. The molecule has 3 nitrogen and oxygen atoms in total. The number of likely N-dealkylation sites (tertiary alicyclic amines) is 1. The van der Waals surface area contributed by atoms with Crippen molar-refractivity contribution in [3.8, 4) is 0 Å². The Morgan fingerprint density at radius 2 is 1.75 bits per heavy atom. The lowest BCUT2D eigenvalue weighted by Gasteiger charge is -2.45. The summed E-state index contributed by atoms with van der Waals surface area (Å²) in [4.78, 5) is 5.04. The third kappa shape index (κ3) is 2.39. The van der Waals surface area contributed by atoms with E-state index < -0.39 is 0 Å². The quantitative estimate of drug-likeness (QED) is 0.906. The molecule has 0 unspecified atom stereocenters. The Labute approximate surface area is 122 Å². The van der Waals surface area contributed by atoms with Crippen LogP contribution in [-0.2, 0) is 12.8 Å². The molecule has 0 spiro atoms. The summed E-state index contributed by atoms with van der Waals surface area (Å²) in [5, 5.41) is 0. The van der Waals surface area contributed by atoms with Crippen LogP contribution >= 0.6 is 0 Å². The van der Waals surface area contributed by atoms with Crippen molar-refractivity contribution in [3.05, 3.63) is 35.4 Å². The molecule has 0 radical (unpaired) electrons. The molecule has 1 aromatic rings. The number of benzene rings is 1. The molecular formula is C17H27N3. The van der Waals surface area contributed by atoms with Gasteiger partial charge in [0.25, 0.3) is 0 Å². The van der Waals surface area contributed by atoms with Crippen LogP contribution in [-0.4, -0.2) is 55.1 Å². The van der Waals surface area contributed by atoms with Gasteiger partial charge in [-0.1, -0.05) is 24.3 Å². The highest BCUT2D eigenvalue weighted by Crippen LogP contribution is 2.35. The lowest BCUT2D eigenvalue weighted by Crippen LogP contribution is -2.58. The lowest BCUT2D eigenvalue weighted by atomic mass is 9.89. The zero-order chi connectivity index (χ0) is 14.2. The van der Waals surface area contributed by atoms with E-state index in [4.69, 9.17) is 5.73 Å². The van der Waals surface area contributed by atoms with Gasteiger partial charge in [-0.05, 0) is 64.0 Å². The largest absolute Gasteiger partial charge is 0.329 e. The monoisotopic (exact) mass is 273 g/mol. The van der Waals surface area contributed by atoms with Crippen LogP contribution in [0.1, 0.15) is 24.0 Å². The van der Waals surface area contributed by atoms with E-state index in [1.807, 2.05) is 0 Å². The van der Waals surface area contributed by atoms with E-state index in [0.717, 1.165) is 19.4 Å². The number of likely N-dealkylation sites (N-methyl/N-ethyl adjacent to an activating group) is 1. The summed E-state index contributed by atoms with van der Waals surface area (Å²) in [5.74, 6) is 0. The topological polar surface area (TPSA) is 32.5 Å². The second kappa shape index (κ2) is 5.47. The molecule has 0 atom stereocenters. The summed E-state index contributed by atoms with van der Waals surface area (Å²) in [6.45, 7) is 3.18. The SMILES string of the molecule is CN1CCC(N(C)C2(CN)Cc3ccccc3C2)CC1. The lowest BCUT2D eigenvalue weighted by molar-refractivity contribution is 0.0492. The zero-order valence-electron chi connectivity index (χ0n) is 12.8. The minimum absolute atomic E-state index is 0.143. The van der Waals surface area contributed by atoms with Crippen LogP contribution in [0.5, 0.6) is 0 Å². The zero-order valence-corrected chi connectivity index (χ0v) is 12.8. The van der Waals surface area contributed by atoms with Crippen LogP contribution in [0.4, 0.5) is 0 Å². The van der Waals surface area contributed by atoms with Crippen molar-refractivity contribution in [2.75, 3.05) is 33.7 Å². The van der Waals surface area contributed by atoms with Crippen molar-refractivity contribution in [1.29, 1.82) is 0 Å². The first-order valence-corrected chi connectivity index (χ1v) is 7.83. The summed E-state index contributed by atoms with van der Waals surface area (Å²) in [6, 6.07) is 9.54. The predicted molar refractivity (Wildman–Crippen MR) is 83.9 cm³/mol. The van der Waals surface area contributed by atoms with E-state index in [2.05, 4.69) is 48.2 Å². The summed E-state index contributed by atoms with van der Waals surface area (Å²) >= 11 is 0. The molecule has 1 saturated heterocycles. The van der Waals surface area contributed by atoms with Crippen LogP contribution < -0.4 is 5.73 Å². The van der Waals surface area contributed by atoms with E-state index in [9.17, 15) is 0 Å². The van der Waals surface area contributed by atoms with Gasteiger partial charge < -0.3 is 10.6 Å². The van der Waals surface area contributed by atoms with Gasteiger partial charge in [-0.3, -0.25) is 4.90 Å². The fourth-order valence-corrected chi connectivity index (χ4v) is 3.98. The molecular weight excluding hydrogens is 246 g/mol. The molecule has 0 saturated carbocycles. The number of piperidine rings is 1. The fourth-order valence-electron chi connectivity index (χ4n) is 3.98. The highest BCUT2D eigenvalue weighted by atomic mass is 15.2. The summed E-state index contributed by atoms with van der Waals surface area (Å²) in [7, 11) is 4.52. The van der Waals surface area contributed by atoms with Gasteiger partial charge in [0.1, 0.15) is 0 Å². The van der Waals surface area contributed by atoms with E-state index in [1.54, 1.807) is 0 Å². The second-order valence-corrected chi connectivity index (χ2v) is 6.70. The molecule has 2 aliphatic rings. The standard InChI is InChI=1S/C17H27N3/c1-19-9-7-16(8-10-19)20(2)17(13-18)11-14-5-3-4-6-15(14)12-17/h3-6,16H,7-13,18H2,1-2H3. The van der Waals surface area contributed by atoms with Gasteiger partial charge in [0, 0.05) is 18.1 Å². The van der Waals surface area contributed by atoms with Crippen molar-refractivity contribution in [2.24, 2.45) is 5.73 Å². The Morgan fingerprint density at radius 3 is 2.25 bits per heavy atom. The smallest absolute Gasteiger partial charge is 0.0412 e. The number of nitrogens with two attached hydrogens (primary N) is 1. The van der Waals surface area contributed by atoms with E-state index in [1.165, 1.54) is 37.1 Å². The van der Waals surface area contributed by atoms with Crippen LogP contribution in [0, 0.1) is 0 Å². The van der Waals surface area contributed by atoms with Gasteiger partial charge in [0.15, 0.2) is 0 Å². The minimum Gasteiger partial charge on any atom is -0.329 e. The Kier molecular flexibility index (Phi) is 3.85. The number of rotatable bonds is 3. The molecule has 0 bridgehead atoms. The Balaban J connectivity index is 1.77. The molecule has 1 aromatic carbocycles. The predicted octanol–water partition coefficient (Wildman–Crippen LogP) is 1.51. The van der Waals surface area contributed by atoms with Crippen molar-refractivity contribution < 1.29 is 0 Å². The molecule has 20 heavy (non-hydrogen) atoms. The third-order valence-electron chi connectivity index (χ3n) is 5.52. The van der Waals surface area contributed by atoms with Crippen molar-refractivity contribution in [1.82, 2.24) is 9.80 Å². The van der Waals surface area contributed by atoms with Crippen LogP contribution in [0.15, 0.2) is 24.3 Å². The third-order valence-corrected chi connectivity index (χ3v) is 5.52. The van der Waals surface area contributed by atoms with E-state index >= 15 is 0 Å². The van der Waals surface area contributed by atoms with Crippen LogP contribution in [0.2, 0.25) is 0 Å². The molecule has 3 heteroatoms. The van der Waals surface area contributed by atoms with Crippen LogP contribution in [0.25, 0.3) is 0 Å². The number of hydrogen-bond acceptors (Lipinski definition) is 3. The van der Waals surface area contributed by atoms with Gasteiger partial charge in [-0.2, -0.15) is 0 Å². The minimum atomic E-state index is 0.143. The molecule has 1 aliphatic carbocycles. The number of fused-ring (bicyclic) bond motifs is 1. The molecule has 2 N–H and O–H groups in total. The van der Waals surface area contributed by atoms with Gasteiger partial charge in [-0.25, -0.2) is 0 Å². The average molecular weight is 273 g/mol. The fraction of sp³-hybridized carbons (Fsp3) is 0.647. The molecule has 3 rings (SSSR count). The summed E-state index contributed by atoms with van der Waals surface area (Å²) in [5.41, 5.74) is 9.37. The Hall–Kier alpha value is -0.900. The first-order valence-electron chi connectivity index (χ1n) is 7.83. The van der Waals surface area contributed by atoms with Gasteiger partial charge >= 0.3 is 0 Å². The van der Waals surface area contributed by atoms with Gasteiger partial charge in [-0.15, -0.1) is 0 Å². The van der Waals surface area contributed by atoms with Gasteiger partial charge in [0.05, 0.1) is 0 Å². The van der Waals surface area contributed by atoms with Crippen molar-refractivity contribution in [2.45, 2.75) is 37.3 Å². The first kappa shape index (κ1) is 14.1. The maximum atomic E-state index is 6.23. The molecule has 1 aliphatic heterocycles. The second-order valence-electron chi connectivity index (χ2n) is 6.70. The van der Waals surface area contributed by atoms with E-state index in [0.29, 0.717) is 6.04 Å². The van der Waals surface area contributed by atoms with Crippen LogP contribution in [0.3, 0.4) is 0 Å². The highest BCUT2D eigenvalue weighted by Gasteiger charge is 2.42. The Bertz CT molecular complexity index is 438. The maximum absolute atomic E-state index is 6.23. The maximum Gasteiger partial charge on any atom is 0.0412 e. The molecule has 1 fully saturated rings.